The number of benzene rings is 1. The molecule has 0 bridgehead atoms. The molecule has 1 saturated heterocycles. The quantitative estimate of drug-likeness (QED) is 0.644. The molecule has 1 fully saturated rings. The van der Waals surface area contributed by atoms with Crippen LogP contribution in [0.15, 0.2) is 53.1 Å². The summed E-state index contributed by atoms with van der Waals surface area (Å²) in [6.07, 6.45) is 1.53. The average molecular weight is 399 g/mol. The van der Waals surface area contributed by atoms with Gasteiger partial charge in [0, 0.05) is 23.0 Å². The van der Waals surface area contributed by atoms with Crippen molar-refractivity contribution in [3.05, 3.63) is 82.0 Å². The number of hydrogen-bond acceptors (Lipinski definition) is 3. The molecule has 0 N–H and O–H groups in total. The van der Waals surface area contributed by atoms with E-state index in [1.165, 1.54) is 0 Å². The predicted molar refractivity (Wildman–Crippen MR) is 108 cm³/mol. The van der Waals surface area contributed by atoms with Crippen LogP contribution in [0.5, 0.6) is 0 Å². The summed E-state index contributed by atoms with van der Waals surface area (Å²) in [5.74, 6) is 0.913. The Morgan fingerprint density at radius 1 is 1.21 bits per heavy atom. The van der Waals surface area contributed by atoms with E-state index in [0.29, 0.717) is 31.3 Å². The molecule has 3 aromatic rings. The smallest absolute Gasteiger partial charge is 0.255 e. The van der Waals surface area contributed by atoms with E-state index in [1.54, 1.807) is 6.26 Å². The number of hydrogen-bond donors (Lipinski definition) is 0. The van der Waals surface area contributed by atoms with E-state index >= 15 is 0 Å². The molecule has 0 saturated carbocycles. The van der Waals surface area contributed by atoms with Crippen molar-refractivity contribution in [1.29, 1.82) is 0 Å². The fraction of sp³-hybridized carbons (Fsp3) is 0.318. The van der Waals surface area contributed by atoms with Gasteiger partial charge >= 0.3 is 0 Å². The molecule has 0 aliphatic carbocycles. The Labute approximate surface area is 169 Å². The van der Waals surface area contributed by atoms with Crippen LogP contribution in [-0.2, 0) is 11.3 Å². The van der Waals surface area contributed by atoms with Crippen molar-refractivity contribution in [2.75, 3.05) is 19.7 Å². The lowest BCUT2D eigenvalue weighted by Gasteiger charge is -2.33. The van der Waals surface area contributed by atoms with Crippen LogP contribution in [0, 0.1) is 13.8 Å². The molecule has 3 heterocycles. The maximum absolute atomic E-state index is 13.2. The molecule has 1 aromatic carbocycles. The van der Waals surface area contributed by atoms with Gasteiger partial charge in [0.1, 0.15) is 11.9 Å². The van der Waals surface area contributed by atoms with Crippen LogP contribution >= 0.6 is 11.6 Å². The molecule has 0 radical (unpaired) electrons. The number of carbonyl (C=O) groups excluding carboxylic acids is 1. The largest absolute Gasteiger partial charge is 0.467 e. The molecule has 1 amide bonds. The van der Waals surface area contributed by atoms with Crippen molar-refractivity contribution >= 4 is 17.5 Å². The van der Waals surface area contributed by atoms with Crippen molar-refractivity contribution in [3.63, 3.8) is 0 Å². The van der Waals surface area contributed by atoms with Gasteiger partial charge < -0.3 is 18.6 Å². The Kier molecular flexibility index (Phi) is 5.29. The number of aryl methyl sites for hydroxylation is 1. The lowest BCUT2D eigenvalue weighted by atomic mass is 10.1. The van der Waals surface area contributed by atoms with Crippen molar-refractivity contribution in [2.24, 2.45) is 0 Å². The number of carbonyl (C=O) groups is 1. The zero-order valence-electron chi connectivity index (χ0n) is 16.0. The van der Waals surface area contributed by atoms with Crippen molar-refractivity contribution in [1.82, 2.24) is 9.47 Å². The fourth-order valence-corrected chi connectivity index (χ4v) is 3.83. The highest BCUT2D eigenvalue weighted by Crippen LogP contribution is 2.26. The lowest BCUT2D eigenvalue weighted by Crippen LogP contribution is -2.42. The van der Waals surface area contributed by atoms with E-state index in [9.17, 15) is 4.79 Å². The van der Waals surface area contributed by atoms with Gasteiger partial charge in [-0.1, -0.05) is 23.7 Å². The Morgan fingerprint density at radius 3 is 2.71 bits per heavy atom. The Morgan fingerprint density at radius 2 is 2.00 bits per heavy atom. The molecule has 4 rings (SSSR count). The molecular weight excluding hydrogens is 376 g/mol. The van der Waals surface area contributed by atoms with Crippen molar-refractivity contribution in [2.45, 2.75) is 26.5 Å². The number of furan rings is 1. The first-order valence-electron chi connectivity index (χ1n) is 9.38. The number of nitrogens with zero attached hydrogens (tertiary/aromatic N) is 2. The van der Waals surface area contributed by atoms with Crippen LogP contribution in [0.1, 0.15) is 39.2 Å². The van der Waals surface area contributed by atoms with Crippen molar-refractivity contribution < 1.29 is 13.9 Å². The normalized spacial score (nSPS) is 17.1. The summed E-state index contributed by atoms with van der Waals surface area (Å²) < 4.78 is 13.5. The number of amides is 1. The second-order valence-corrected chi connectivity index (χ2v) is 7.55. The zero-order valence-corrected chi connectivity index (χ0v) is 16.8. The third-order valence-electron chi connectivity index (χ3n) is 5.29. The van der Waals surface area contributed by atoms with E-state index < -0.39 is 0 Å². The molecule has 0 spiro atoms. The summed E-state index contributed by atoms with van der Waals surface area (Å²) in [7, 11) is 0. The van der Waals surface area contributed by atoms with Gasteiger partial charge in [0.15, 0.2) is 0 Å². The van der Waals surface area contributed by atoms with Crippen LogP contribution < -0.4 is 0 Å². The topological polar surface area (TPSA) is 47.6 Å². The Bertz CT molecular complexity index is 961. The van der Waals surface area contributed by atoms with Crippen LogP contribution in [-0.4, -0.2) is 35.1 Å². The number of rotatable bonds is 4. The van der Waals surface area contributed by atoms with Gasteiger partial charge in [-0.3, -0.25) is 4.79 Å². The van der Waals surface area contributed by atoms with Gasteiger partial charge in [-0.25, -0.2) is 0 Å². The van der Waals surface area contributed by atoms with Gasteiger partial charge in [-0.15, -0.1) is 0 Å². The zero-order chi connectivity index (χ0) is 19.7. The fourth-order valence-electron chi connectivity index (χ4n) is 3.70. The SMILES string of the molecule is Cc1cc(C(=O)N2CCOC(c3ccc(Cl)cc3)C2)c(C)n1Cc1ccco1. The summed E-state index contributed by atoms with van der Waals surface area (Å²) in [5.41, 5.74) is 3.76. The second-order valence-electron chi connectivity index (χ2n) is 7.11. The molecule has 1 aliphatic heterocycles. The number of aromatic nitrogens is 1. The third-order valence-corrected chi connectivity index (χ3v) is 5.55. The Hall–Kier alpha value is -2.50. The van der Waals surface area contributed by atoms with E-state index in [1.807, 2.05) is 61.2 Å². The van der Waals surface area contributed by atoms with Gasteiger partial charge in [0.05, 0.1) is 31.5 Å². The van der Waals surface area contributed by atoms with Gasteiger partial charge in [-0.2, -0.15) is 0 Å². The lowest BCUT2D eigenvalue weighted by molar-refractivity contribution is -0.0228. The highest BCUT2D eigenvalue weighted by atomic mass is 35.5. The molecule has 28 heavy (non-hydrogen) atoms. The van der Waals surface area contributed by atoms with E-state index in [4.69, 9.17) is 20.8 Å². The van der Waals surface area contributed by atoms with Crippen LogP contribution in [0.3, 0.4) is 0 Å². The molecule has 1 unspecified atom stereocenters. The first kappa shape index (κ1) is 18.8. The highest BCUT2D eigenvalue weighted by Gasteiger charge is 2.28. The van der Waals surface area contributed by atoms with Crippen LogP contribution in [0.2, 0.25) is 5.02 Å². The second kappa shape index (κ2) is 7.86. The van der Waals surface area contributed by atoms with E-state index in [0.717, 1.165) is 28.3 Å². The van der Waals surface area contributed by atoms with Gasteiger partial charge in [-0.05, 0) is 49.7 Å². The molecule has 5 nitrogen and oxygen atoms in total. The average Bonchev–Trinajstić information content (AvgIpc) is 3.32. The molecule has 146 valence electrons. The summed E-state index contributed by atoms with van der Waals surface area (Å²) in [6.45, 7) is 6.26. The third kappa shape index (κ3) is 3.73. The maximum atomic E-state index is 13.2. The summed E-state index contributed by atoms with van der Waals surface area (Å²) >= 11 is 5.98. The summed E-state index contributed by atoms with van der Waals surface area (Å²) in [6, 6.07) is 13.4. The Balaban J connectivity index is 1.53. The minimum absolute atomic E-state index is 0.0426. The van der Waals surface area contributed by atoms with Crippen LogP contribution in [0.25, 0.3) is 0 Å². The molecule has 1 atom stereocenters. The molecule has 1 aliphatic rings. The monoisotopic (exact) mass is 398 g/mol. The number of ether oxygens (including phenoxy) is 1. The number of morpholine rings is 1. The first-order chi connectivity index (χ1) is 13.5. The predicted octanol–water partition coefficient (Wildman–Crippen LogP) is 4.61. The van der Waals surface area contributed by atoms with Crippen LogP contribution in [0.4, 0.5) is 0 Å². The van der Waals surface area contributed by atoms with Gasteiger partial charge in [0.2, 0.25) is 0 Å². The van der Waals surface area contributed by atoms with Gasteiger partial charge in [0.25, 0.3) is 5.91 Å². The molecule has 6 heteroatoms. The summed E-state index contributed by atoms with van der Waals surface area (Å²) in [5, 5.41) is 0.691. The highest BCUT2D eigenvalue weighted by molar-refractivity contribution is 6.30. The van der Waals surface area contributed by atoms with E-state index in [-0.39, 0.29) is 12.0 Å². The molecule has 2 aromatic heterocycles. The first-order valence-corrected chi connectivity index (χ1v) is 9.76. The van der Waals surface area contributed by atoms with Crippen molar-refractivity contribution in [3.8, 4) is 0 Å². The number of halogens is 1. The standard InChI is InChI=1S/C22H23ClN2O3/c1-15-12-20(16(2)25(15)13-19-4-3-10-27-19)22(26)24-9-11-28-21(14-24)17-5-7-18(23)8-6-17/h3-8,10,12,21H,9,11,13-14H2,1-2H3. The minimum Gasteiger partial charge on any atom is -0.467 e. The minimum atomic E-state index is -0.137. The maximum Gasteiger partial charge on any atom is 0.255 e. The molecular formula is C22H23ClN2O3. The summed E-state index contributed by atoms with van der Waals surface area (Å²) in [4.78, 5) is 15.1. The van der Waals surface area contributed by atoms with E-state index in [2.05, 4.69) is 4.57 Å².